The van der Waals surface area contributed by atoms with Crippen LogP contribution in [0.2, 0.25) is 0 Å². The fourth-order valence-corrected chi connectivity index (χ4v) is 5.22. The van der Waals surface area contributed by atoms with Gasteiger partial charge in [0.1, 0.15) is 4.90 Å². The van der Waals surface area contributed by atoms with Gasteiger partial charge in [-0.2, -0.15) is 9.40 Å². The quantitative estimate of drug-likeness (QED) is 0.879. The van der Waals surface area contributed by atoms with Crippen molar-refractivity contribution < 1.29 is 13.2 Å². The van der Waals surface area contributed by atoms with Crippen LogP contribution in [-0.4, -0.2) is 47.5 Å². The third-order valence-electron chi connectivity index (χ3n) is 4.87. The minimum atomic E-state index is -3.57. The lowest BCUT2D eigenvalue weighted by molar-refractivity contribution is 0.0924. The van der Waals surface area contributed by atoms with Crippen LogP contribution in [0.3, 0.4) is 0 Å². The molecule has 1 aromatic carbocycles. The summed E-state index contributed by atoms with van der Waals surface area (Å²) in [6, 6.07) is 9.02. The molecule has 1 saturated heterocycles. The number of rotatable bonds is 4. The molecular weight excluding hydrogens is 352 g/mol. The van der Waals surface area contributed by atoms with Gasteiger partial charge >= 0.3 is 0 Å². The lowest BCUT2D eigenvalue weighted by atomic mass is 10.1. The van der Waals surface area contributed by atoms with Crippen molar-refractivity contribution in [2.45, 2.75) is 37.6 Å². The van der Waals surface area contributed by atoms with E-state index in [2.05, 4.69) is 10.4 Å². The standard InChI is InChI=1S/C18H24N4O3S/c1-13-17(14(2)21(3)20-13)26(24,25)22-11-9-16(10-12-22)19-18(23)15-7-5-4-6-8-15/h4-8,16H,9-12H2,1-3H3,(H,19,23). The molecule has 7 nitrogen and oxygen atoms in total. The molecule has 140 valence electrons. The predicted molar refractivity (Wildman–Crippen MR) is 98.4 cm³/mol. The highest BCUT2D eigenvalue weighted by Crippen LogP contribution is 2.25. The minimum Gasteiger partial charge on any atom is -0.349 e. The van der Waals surface area contributed by atoms with Crippen molar-refractivity contribution in [3.8, 4) is 0 Å². The number of hydrogen-bond acceptors (Lipinski definition) is 4. The number of aromatic nitrogens is 2. The Hall–Kier alpha value is -2.19. The fourth-order valence-electron chi connectivity index (χ4n) is 3.36. The van der Waals surface area contributed by atoms with Gasteiger partial charge in [-0.25, -0.2) is 8.42 Å². The number of nitrogens with zero attached hydrogens (tertiary/aromatic N) is 3. The van der Waals surface area contributed by atoms with Crippen molar-refractivity contribution in [2.24, 2.45) is 7.05 Å². The summed E-state index contributed by atoms with van der Waals surface area (Å²) in [5.41, 5.74) is 1.77. The van der Waals surface area contributed by atoms with Gasteiger partial charge in [0.15, 0.2) is 0 Å². The van der Waals surface area contributed by atoms with E-state index < -0.39 is 10.0 Å². The average molecular weight is 376 g/mol. The summed E-state index contributed by atoms with van der Waals surface area (Å²) in [5.74, 6) is -0.120. The van der Waals surface area contributed by atoms with Gasteiger partial charge in [-0.05, 0) is 38.8 Å². The van der Waals surface area contributed by atoms with E-state index in [0.29, 0.717) is 47.8 Å². The van der Waals surface area contributed by atoms with Gasteiger partial charge in [-0.15, -0.1) is 0 Å². The first-order valence-corrected chi connectivity index (χ1v) is 10.1. The fraction of sp³-hybridized carbons (Fsp3) is 0.444. The molecule has 1 N–H and O–H groups in total. The third kappa shape index (κ3) is 3.52. The van der Waals surface area contributed by atoms with Crippen molar-refractivity contribution in [2.75, 3.05) is 13.1 Å². The molecule has 1 aromatic heterocycles. The summed E-state index contributed by atoms with van der Waals surface area (Å²) >= 11 is 0. The SMILES string of the molecule is Cc1nn(C)c(C)c1S(=O)(=O)N1CCC(NC(=O)c2ccccc2)CC1. The molecule has 8 heteroatoms. The number of amides is 1. The van der Waals surface area contributed by atoms with Gasteiger partial charge in [-0.1, -0.05) is 18.2 Å². The second-order valence-corrected chi connectivity index (χ2v) is 8.52. The number of aryl methyl sites for hydroxylation is 2. The third-order valence-corrected chi connectivity index (χ3v) is 7.02. The smallest absolute Gasteiger partial charge is 0.251 e. The maximum Gasteiger partial charge on any atom is 0.251 e. The molecule has 0 saturated carbocycles. The zero-order chi connectivity index (χ0) is 18.9. The molecule has 2 heterocycles. The van der Waals surface area contributed by atoms with E-state index in [-0.39, 0.29) is 11.9 Å². The summed E-state index contributed by atoms with van der Waals surface area (Å²) in [5, 5.41) is 7.21. The first-order chi connectivity index (χ1) is 12.3. The molecule has 1 aliphatic heterocycles. The van der Waals surface area contributed by atoms with Crippen LogP contribution in [0.5, 0.6) is 0 Å². The van der Waals surface area contributed by atoms with Gasteiger partial charge in [0.25, 0.3) is 5.91 Å². The summed E-state index contributed by atoms with van der Waals surface area (Å²) in [6.07, 6.45) is 1.19. The van der Waals surface area contributed by atoms with E-state index in [4.69, 9.17) is 0 Å². The highest BCUT2D eigenvalue weighted by Gasteiger charge is 2.33. The normalized spacial score (nSPS) is 16.6. The minimum absolute atomic E-state index is 0.0229. The molecule has 3 rings (SSSR count). The molecule has 0 spiro atoms. The highest BCUT2D eigenvalue weighted by atomic mass is 32.2. The number of nitrogens with one attached hydrogen (secondary N) is 1. The van der Waals surface area contributed by atoms with Crippen molar-refractivity contribution in [1.29, 1.82) is 0 Å². The van der Waals surface area contributed by atoms with Crippen LogP contribution in [0.25, 0.3) is 0 Å². The highest BCUT2D eigenvalue weighted by molar-refractivity contribution is 7.89. The molecule has 0 radical (unpaired) electrons. The average Bonchev–Trinajstić information content (AvgIpc) is 2.88. The van der Waals surface area contributed by atoms with Crippen molar-refractivity contribution in [3.05, 3.63) is 47.3 Å². The Bertz CT molecular complexity index is 898. The van der Waals surface area contributed by atoms with Crippen LogP contribution in [0.1, 0.15) is 34.6 Å². The lowest BCUT2D eigenvalue weighted by Crippen LogP contribution is -2.46. The molecular formula is C18H24N4O3S. The summed E-state index contributed by atoms with van der Waals surface area (Å²) < 4.78 is 29.0. The van der Waals surface area contributed by atoms with E-state index in [1.54, 1.807) is 37.7 Å². The molecule has 2 aromatic rings. The number of carbonyl (C=O) groups excluding carboxylic acids is 1. The van der Waals surface area contributed by atoms with Crippen LogP contribution in [0.4, 0.5) is 0 Å². The van der Waals surface area contributed by atoms with E-state index >= 15 is 0 Å². The van der Waals surface area contributed by atoms with Gasteiger partial charge in [-0.3, -0.25) is 9.48 Å². The Kier molecular flexibility index (Phi) is 5.15. The van der Waals surface area contributed by atoms with E-state index in [1.165, 1.54) is 4.31 Å². The largest absolute Gasteiger partial charge is 0.349 e. The monoisotopic (exact) mass is 376 g/mol. The first kappa shape index (κ1) is 18.6. The molecule has 0 atom stereocenters. The summed E-state index contributed by atoms with van der Waals surface area (Å²) in [4.78, 5) is 12.5. The van der Waals surface area contributed by atoms with Crippen LogP contribution < -0.4 is 5.32 Å². The second kappa shape index (κ2) is 7.20. The number of carbonyl (C=O) groups is 1. The van der Waals surface area contributed by atoms with Crippen LogP contribution in [-0.2, 0) is 17.1 Å². The lowest BCUT2D eigenvalue weighted by Gasteiger charge is -2.31. The van der Waals surface area contributed by atoms with Crippen molar-refractivity contribution in [1.82, 2.24) is 19.4 Å². The van der Waals surface area contributed by atoms with Crippen LogP contribution in [0, 0.1) is 13.8 Å². The Morgan fingerprint density at radius 1 is 1.15 bits per heavy atom. The Morgan fingerprint density at radius 3 is 2.31 bits per heavy atom. The number of hydrogen-bond donors (Lipinski definition) is 1. The van der Waals surface area contributed by atoms with Crippen LogP contribution >= 0.6 is 0 Å². The van der Waals surface area contributed by atoms with Crippen molar-refractivity contribution in [3.63, 3.8) is 0 Å². The summed E-state index contributed by atoms with van der Waals surface area (Å²) in [7, 11) is -1.83. The maximum absolute atomic E-state index is 13.0. The Labute approximate surface area is 154 Å². The van der Waals surface area contributed by atoms with Crippen LogP contribution in [0.15, 0.2) is 35.2 Å². The molecule has 0 unspecified atom stereocenters. The zero-order valence-electron chi connectivity index (χ0n) is 15.3. The maximum atomic E-state index is 13.0. The summed E-state index contributed by atoms with van der Waals surface area (Å²) in [6.45, 7) is 4.25. The predicted octanol–water partition coefficient (Wildman–Crippen LogP) is 1.62. The first-order valence-electron chi connectivity index (χ1n) is 8.67. The van der Waals surface area contributed by atoms with Gasteiger partial charge < -0.3 is 5.32 Å². The molecule has 0 bridgehead atoms. The van der Waals surface area contributed by atoms with Gasteiger partial charge in [0.2, 0.25) is 10.0 Å². The number of sulfonamides is 1. The molecule has 26 heavy (non-hydrogen) atoms. The molecule has 0 aliphatic carbocycles. The van der Waals surface area contributed by atoms with Crippen molar-refractivity contribution >= 4 is 15.9 Å². The number of piperidine rings is 1. The van der Waals surface area contributed by atoms with E-state index in [9.17, 15) is 13.2 Å². The molecule has 1 fully saturated rings. The zero-order valence-corrected chi connectivity index (χ0v) is 16.1. The molecule has 1 amide bonds. The van der Waals surface area contributed by atoms with Gasteiger partial charge in [0.05, 0.1) is 11.4 Å². The van der Waals surface area contributed by atoms with E-state index in [0.717, 1.165) is 0 Å². The Balaban J connectivity index is 1.66. The number of benzene rings is 1. The van der Waals surface area contributed by atoms with Gasteiger partial charge in [0, 0.05) is 31.7 Å². The molecule has 1 aliphatic rings. The Morgan fingerprint density at radius 2 is 1.77 bits per heavy atom. The topological polar surface area (TPSA) is 84.3 Å². The van der Waals surface area contributed by atoms with E-state index in [1.807, 2.05) is 18.2 Å². The second-order valence-electron chi connectivity index (χ2n) is 6.64.